The predicted octanol–water partition coefficient (Wildman–Crippen LogP) is 1.27. The molecule has 1 unspecified atom stereocenters. The molecule has 1 aromatic rings. The van der Waals surface area contributed by atoms with E-state index in [1.165, 1.54) is 12.0 Å². The molecule has 2 fully saturated rings. The molecule has 1 aromatic carbocycles. The second-order valence-corrected chi connectivity index (χ2v) is 6.56. The number of hydrogen-bond acceptors (Lipinski definition) is 4. The predicted molar refractivity (Wildman–Crippen MR) is 89.8 cm³/mol. The van der Waals surface area contributed by atoms with Crippen LogP contribution in [0.4, 0.5) is 0 Å². The third-order valence-electron chi connectivity index (χ3n) is 4.90. The van der Waals surface area contributed by atoms with Crippen LogP contribution in [0.2, 0.25) is 0 Å². The molecule has 3 rings (SSSR count). The normalized spacial score (nSPS) is 28.1. The number of benzene rings is 1. The number of nitrogens with one attached hydrogen (secondary N) is 1. The Bertz CT molecular complexity index is 508. The van der Waals surface area contributed by atoms with E-state index >= 15 is 0 Å². The lowest BCUT2D eigenvalue weighted by molar-refractivity contribution is -0.132. The van der Waals surface area contributed by atoms with Crippen LogP contribution in [-0.2, 0) is 16.1 Å². The van der Waals surface area contributed by atoms with Crippen molar-refractivity contribution in [3.63, 3.8) is 0 Å². The molecule has 0 aromatic heterocycles. The highest BCUT2D eigenvalue weighted by molar-refractivity contribution is 5.81. The molecular weight excluding hydrogens is 290 g/mol. The first kappa shape index (κ1) is 16.4. The Kier molecular flexibility index (Phi) is 5.65. The Morgan fingerprint density at radius 1 is 1.26 bits per heavy atom. The number of ether oxygens (including phenoxy) is 1. The Morgan fingerprint density at radius 2 is 2.09 bits per heavy atom. The van der Waals surface area contributed by atoms with Gasteiger partial charge in [-0.3, -0.25) is 9.69 Å². The van der Waals surface area contributed by atoms with E-state index in [4.69, 9.17) is 10.5 Å². The summed E-state index contributed by atoms with van der Waals surface area (Å²) in [5.74, 6) is 0.0208. The molecule has 5 heteroatoms. The first-order chi connectivity index (χ1) is 11.3. The fourth-order valence-electron chi connectivity index (χ4n) is 3.56. The van der Waals surface area contributed by atoms with E-state index in [0.29, 0.717) is 19.1 Å². The van der Waals surface area contributed by atoms with Gasteiger partial charge in [-0.1, -0.05) is 30.3 Å². The van der Waals surface area contributed by atoms with Gasteiger partial charge >= 0.3 is 0 Å². The lowest BCUT2D eigenvalue weighted by Crippen LogP contribution is -2.43. The summed E-state index contributed by atoms with van der Waals surface area (Å²) >= 11 is 0. The van der Waals surface area contributed by atoms with E-state index in [9.17, 15) is 4.79 Å². The highest BCUT2D eigenvalue weighted by atomic mass is 16.5. The molecule has 3 atom stereocenters. The molecule has 126 valence electrons. The van der Waals surface area contributed by atoms with Crippen molar-refractivity contribution in [2.24, 2.45) is 5.73 Å². The van der Waals surface area contributed by atoms with Crippen LogP contribution in [0.1, 0.15) is 31.2 Å². The lowest BCUT2D eigenvalue weighted by Gasteiger charge is -2.25. The number of carbonyl (C=O) groups is 1. The maximum absolute atomic E-state index is 12.2. The summed E-state index contributed by atoms with van der Waals surface area (Å²) in [7, 11) is 0. The van der Waals surface area contributed by atoms with Gasteiger partial charge in [-0.25, -0.2) is 0 Å². The third kappa shape index (κ3) is 4.31. The lowest BCUT2D eigenvalue weighted by atomic mass is 10.1. The van der Waals surface area contributed by atoms with Crippen LogP contribution < -0.4 is 11.1 Å². The first-order valence-electron chi connectivity index (χ1n) is 8.67. The zero-order valence-electron chi connectivity index (χ0n) is 13.6. The SMILES string of the molecule is NC[C@H]1CC[C@@H](C(=O)NCC2CCCN2Cc2ccccc2)O1. The van der Waals surface area contributed by atoms with Gasteiger partial charge in [-0.2, -0.15) is 0 Å². The highest BCUT2D eigenvalue weighted by Crippen LogP contribution is 2.21. The van der Waals surface area contributed by atoms with Crippen molar-refractivity contribution in [2.45, 2.75) is 50.5 Å². The van der Waals surface area contributed by atoms with Gasteiger partial charge in [0.2, 0.25) is 5.91 Å². The van der Waals surface area contributed by atoms with Gasteiger partial charge in [0, 0.05) is 25.7 Å². The van der Waals surface area contributed by atoms with Gasteiger partial charge in [0.1, 0.15) is 6.10 Å². The van der Waals surface area contributed by atoms with E-state index in [-0.39, 0.29) is 18.1 Å². The summed E-state index contributed by atoms with van der Waals surface area (Å²) in [4.78, 5) is 14.7. The van der Waals surface area contributed by atoms with Gasteiger partial charge in [0.05, 0.1) is 6.10 Å². The minimum absolute atomic E-state index is 0.0208. The average molecular weight is 317 g/mol. The highest BCUT2D eigenvalue weighted by Gasteiger charge is 2.31. The molecule has 2 aliphatic heterocycles. The quantitative estimate of drug-likeness (QED) is 0.829. The van der Waals surface area contributed by atoms with Crippen molar-refractivity contribution in [1.82, 2.24) is 10.2 Å². The molecule has 3 N–H and O–H groups in total. The Hall–Kier alpha value is -1.43. The zero-order valence-corrected chi connectivity index (χ0v) is 13.6. The van der Waals surface area contributed by atoms with Gasteiger partial charge in [-0.05, 0) is 37.8 Å². The summed E-state index contributed by atoms with van der Waals surface area (Å²) in [5.41, 5.74) is 6.93. The molecule has 0 saturated carbocycles. The van der Waals surface area contributed by atoms with E-state index in [1.54, 1.807) is 0 Å². The smallest absolute Gasteiger partial charge is 0.249 e. The second-order valence-electron chi connectivity index (χ2n) is 6.56. The van der Waals surface area contributed by atoms with Crippen molar-refractivity contribution < 1.29 is 9.53 Å². The minimum atomic E-state index is -0.312. The van der Waals surface area contributed by atoms with E-state index in [1.807, 2.05) is 6.07 Å². The number of hydrogen-bond donors (Lipinski definition) is 2. The summed E-state index contributed by atoms with van der Waals surface area (Å²) in [6.45, 7) is 3.26. The van der Waals surface area contributed by atoms with E-state index in [2.05, 4.69) is 34.5 Å². The monoisotopic (exact) mass is 317 g/mol. The molecular formula is C18H27N3O2. The number of nitrogens with zero attached hydrogens (tertiary/aromatic N) is 1. The van der Waals surface area contributed by atoms with Crippen LogP contribution in [0.25, 0.3) is 0 Å². The number of carbonyl (C=O) groups excluding carboxylic acids is 1. The van der Waals surface area contributed by atoms with Crippen molar-refractivity contribution in [2.75, 3.05) is 19.6 Å². The number of amides is 1. The summed E-state index contributed by atoms with van der Waals surface area (Å²) < 4.78 is 5.66. The van der Waals surface area contributed by atoms with Gasteiger partial charge in [-0.15, -0.1) is 0 Å². The Balaban J connectivity index is 1.46. The summed E-state index contributed by atoms with van der Waals surface area (Å²) in [6.07, 6.45) is 3.75. The average Bonchev–Trinajstić information content (AvgIpc) is 3.23. The summed E-state index contributed by atoms with van der Waals surface area (Å²) in [5, 5.41) is 3.08. The Labute approximate surface area is 138 Å². The molecule has 0 radical (unpaired) electrons. The molecule has 23 heavy (non-hydrogen) atoms. The van der Waals surface area contributed by atoms with Crippen LogP contribution in [0.5, 0.6) is 0 Å². The summed E-state index contributed by atoms with van der Waals surface area (Å²) in [6, 6.07) is 10.9. The van der Waals surface area contributed by atoms with Crippen LogP contribution >= 0.6 is 0 Å². The van der Waals surface area contributed by atoms with Crippen molar-refractivity contribution in [3.05, 3.63) is 35.9 Å². The fraction of sp³-hybridized carbons (Fsp3) is 0.611. The van der Waals surface area contributed by atoms with Crippen molar-refractivity contribution in [3.8, 4) is 0 Å². The van der Waals surface area contributed by atoms with Crippen molar-refractivity contribution in [1.29, 1.82) is 0 Å². The molecule has 1 amide bonds. The van der Waals surface area contributed by atoms with Gasteiger partial charge in [0.25, 0.3) is 0 Å². The maximum Gasteiger partial charge on any atom is 0.249 e. The molecule has 2 heterocycles. The topological polar surface area (TPSA) is 67.6 Å². The van der Waals surface area contributed by atoms with Crippen LogP contribution in [0, 0.1) is 0 Å². The van der Waals surface area contributed by atoms with E-state index in [0.717, 1.165) is 32.4 Å². The molecule has 0 spiro atoms. The first-order valence-corrected chi connectivity index (χ1v) is 8.67. The second kappa shape index (κ2) is 7.90. The molecule has 0 aliphatic carbocycles. The van der Waals surface area contributed by atoms with Gasteiger partial charge in [0.15, 0.2) is 0 Å². The number of likely N-dealkylation sites (tertiary alicyclic amines) is 1. The Morgan fingerprint density at radius 3 is 2.83 bits per heavy atom. The minimum Gasteiger partial charge on any atom is -0.364 e. The van der Waals surface area contributed by atoms with Gasteiger partial charge < -0.3 is 15.8 Å². The third-order valence-corrected chi connectivity index (χ3v) is 4.90. The van der Waals surface area contributed by atoms with Crippen molar-refractivity contribution >= 4 is 5.91 Å². The molecule has 5 nitrogen and oxygen atoms in total. The van der Waals surface area contributed by atoms with Crippen LogP contribution in [0.15, 0.2) is 30.3 Å². The van der Waals surface area contributed by atoms with E-state index < -0.39 is 0 Å². The van der Waals surface area contributed by atoms with Crippen LogP contribution in [0.3, 0.4) is 0 Å². The number of nitrogens with two attached hydrogens (primary N) is 1. The molecule has 2 aliphatic rings. The molecule has 2 saturated heterocycles. The molecule has 0 bridgehead atoms. The maximum atomic E-state index is 12.2. The number of rotatable bonds is 6. The zero-order chi connectivity index (χ0) is 16.1. The largest absolute Gasteiger partial charge is 0.364 e. The standard InChI is InChI=1S/C18H27N3O2/c19-11-16-8-9-17(23-16)18(22)20-12-15-7-4-10-21(15)13-14-5-2-1-3-6-14/h1-3,5-6,15-17H,4,7-13,19H2,(H,20,22)/t15?,16-,17+/m1/s1. The fourth-order valence-corrected chi connectivity index (χ4v) is 3.56. The van der Waals surface area contributed by atoms with Crippen LogP contribution in [-0.4, -0.2) is 48.7 Å².